The molecule has 0 heterocycles. The highest BCUT2D eigenvalue weighted by molar-refractivity contribution is 5.72. The smallest absolute Gasteiger partial charge is 0.362 e. The summed E-state index contributed by atoms with van der Waals surface area (Å²) >= 11 is 0. The van der Waals surface area contributed by atoms with Crippen LogP contribution in [0.5, 0.6) is 0 Å². The van der Waals surface area contributed by atoms with Crippen LogP contribution in [0.1, 0.15) is 129 Å². The molecule has 1 N–H and O–H groups in total. The van der Waals surface area contributed by atoms with Crippen LogP contribution in [-0.2, 0) is 28.6 Å². The Kier molecular flexibility index (Phi) is 37.6. The van der Waals surface area contributed by atoms with Gasteiger partial charge in [0.1, 0.15) is 6.61 Å². The number of rotatable bonds is 37. The first-order valence-electron chi connectivity index (χ1n) is 22.1. The molecule has 0 aliphatic heterocycles. The van der Waals surface area contributed by atoms with Gasteiger partial charge in [-0.2, -0.15) is 0 Å². The van der Waals surface area contributed by atoms with Gasteiger partial charge >= 0.3 is 17.9 Å². The summed E-state index contributed by atoms with van der Waals surface area (Å²) in [5, 5.41) is 9.62. The average molecular weight is 819 g/mol. The molecule has 0 amide bonds. The number of carboxylic acid groups (broad SMARTS) is 1. The molecule has 8 nitrogen and oxygen atoms in total. The van der Waals surface area contributed by atoms with Gasteiger partial charge in [-0.25, -0.2) is 4.79 Å². The standard InChI is InChI=1S/C51H79NO7/c1-6-8-10-12-14-16-18-20-22-23-24-25-26-28-29-31-33-35-37-39-41-49(53)58-46-47(45-57-44-43-48(51(55)56)52(3,4)5)59-50(54)42-40-38-36-34-32-30-27-21-19-17-15-13-11-9-7-2/h8-11,13-17,19-22,24-25,27-29,33,35,47-48H,6-7,12,18,23,26,30-32,34,36-46H2,1-5H3/p+1/b10-8+,11-9+,15-13+,16-14+,19-17+,22-20+,25-24+,27-21+,29-28+,35-33+. The number of hydrogen-bond acceptors (Lipinski definition) is 6. The van der Waals surface area contributed by atoms with Crippen LogP contribution >= 0.6 is 0 Å². The summed E-state index contributed by atoms with van der Waals surface area (Å²) in [5.74, 6) is -1.60. The molecule has 0 saturated carbocycles. The second-order valence-electron chi connectivity index (χ2n) is 15.3. The zero-order chi connectivity index (χ0) is 43.5. The van der Waals surface area contributed by atoms with Crippen molar-refractivity contribution in [2.45, 2.75) is 142 Å². The Morgan fingerprint density at radius 2 is 1.00 bits per heavy atom. The number of esters is 2. The zero-order valence-corrected chi connectivity index (χ0v) is 37.4. The lowest BCUT2D eigenvalue weighted by atomic mass is 10.1. The molecule has 330 valence electrons. The van der Waals surface area contributed by atoms with E-state index in [1.54, 1.807) is 0 Å². The largest absolute Gasteiger partial charge is 0.477 e. The van der Waals surface area contributed by atoms with Crippen molar-refractivity contribution in [1.29, 1.82) is 0 Å². The fourth-order valence-corrected chi connectivity index (χ4v) is 5.58. The molecule has 59 heavy (non-hydrogen) atoms. The Morgan fingerprint density at radius 3 is 1.56 bits per heavy atom. The summed E-state index contributed by atoms with van der Waals surface area (Å²) in [6, 6.07) is -0.636. The maximum absolute atomic E-state index is 12.7. The molecule has 2 unspecified atom stereocenters. The summed E-state index contributed by atoms with van der Waals surface area (Å²) in [4.78, 5) is 37.0. The summed E-state index contributed by atoms with van der Waals surface area (Å²) < 4.78 is 17.2. The Labute approximate surface area is 359 Å². The van der Waals surface area contributed by atoms with Crippen LogP contribution in [-0.4, -0.2) is 80.6 Å². The molecule has 0 rings (SSSR count). The topological polar surface area (TPSA) is 99.1 Å². The van der Waals surface area contributed by atoms with Crippen LogP contribution in [0.15, 0.2) is 122 Å². The SMILES string of the molecule is CC/C=C/C=C/C=C/C=C/CCCCCCCC(=O)OC(COCCC(C(=O)O)[N+](C)(C)C)COC(=O)CCC/C=C/C/C=C/C/C=C/C/C=C/C/C=C/C/C=C/CC. The van der Waals surface area contributed by atoms with Crippen LogP contribution in [0.25, 0.3) is 0 Å². The number of carbonyl (C=O) groups is 3. The molecule has 0 aromatic carbocycles. The lowest BCUT2D eigenvalue weighted by molar-refractivity contribution is -0.887. The predicted molar refractivity (Wildman–Crippen MR) is 247 cm³/mol. The maximum atomic E-state index is 12.7. The number of ether oxygens (including phenoxy) is 3. The van der Waals surface area contributed by atoms with Crippen LogP contribution in [0, 0.1) is 0 Å². The van der Waals surface area contributed by atoms with Gasteiger partial charge < -0.3 is 23.8 Å². The van der Waals surface area contributed by atoms with Crippen molar-refractivity contribution in [3.63, 3.8) is 0 Å². The number of aliphatic carboxylic acids is 1. The number of likely N-dealkylation sites (N-methyl/N-ethyl adjacent to an activating group) is 1. The number of quaternary nitrogens is 1. The van der Waals surface area contributed by atoms with E-state index in [4.69, 9.17) is 14.2 Å². The summed E-state index contributed by atoms with van der Waals surface area (Å²) in [5.41, 5.74) is 0. The minimum atomic E-state index is -0.894. The minimum Gasteiger partial charge on any atom is -0.477 e. The Morgan fingerprint density at radius 1 is 0.525 bits per heavy atom. The van der Waals surface area contributed by atoms with E-state index in [0.29, 0.717) is 12.8 Å². The molecule has 2 atom stereocenters. The summed E-state index contributed by atoms with van der Waals surface area (Å²) in [6.07, 6.45) is 56.8. The molecule has 0 aliphatic carbocycles. The zero-order valence-electron chi connectivity index (χ0n) is 37.4. The molecule has 0 aliphatic rings. The highest BCUT2D eigenvalue weighted by Gasteiger charge is 2.31. The second-order valence-corrected chi connectivity index (χ2v) is 15.3. The van der Waals surface area contributed by atoms with Crippen LogP contribution in [0.3, 0.4) is 0 Å². The molecule has 0 aromatic rings. The Hall–Kier alpha value is -4.27. The van der Waals surface area contributed by atoms with Gasteiger partial charge in [0.05, 0.1) is 34.4 Å². The van der Waals surface area contributed by atoms with Gasteiger partial charge in [0.2, 0.25) is 0 Å². The molecule has 0 spiro atoms. The van der Waals surface area contributed by atoms with Crippen molar-refractivity contribution in [1.82, 2.24) is 0 Å². The fraction of sp³-hybridized carbons (Fsp3) is 0.549. The molecule has 8 heteroatoms. The monoisotopic (exact) mass is 819 g/mol. The van der Waals surface area contributed by atoms with Gasteiger partial charge in [-0.15, -0.1) is 0 Å². The molecule has 0 saturated heterocycles. The van der Waals surface area contributed by atoms with Gasteiger partial charge in [-0.1, -0.05) is 155 Å². The highest BCUT2D eigenvalue weighted by atomic mass is 16.6. The number of allylic oxidation sites excluding steroid dienone is 20. The van der Waals surface area contributed by atoms with Crippen LogP contribution < -0.4 is 0 Å². The average Bonchev–Trinajstić information content (AvgIpc) is 3.19. The number of carboxylic acids is 1. The third kappa shape index (κ3) is 39.0. The predicted octanol–water partition coefficient (Wildman–Crippen LogP) is 12.2. The second kappa shape index (κ2) is 40.5. The van der Waals surface area contributed by atoms with E-state index in [-0.39, 0.29) is 49.1 Å². The molecule has 0 aromatic heterocycles. The van der Waals surface area contributed by atoms with Crippen molar-refractivity contribution in [2.24, 2.45) is 0 Å². The number of unbranched alkanes of at least 4 members (excludes halogenated alkanes) is 6. The van der Waals surface area contributed by atoms with E-state index in [1.807, 2.05) is 51.5 Å². The Balaban J connectivity index is 4.51. The normalized spacial score (nSPS) is 14.1. The fourth-order valence-electron chi connectivity index (χ4n) is 5.58. The number of nitrogens with zero attached hydrogens (tertiary/aromatic N) is 1. The highest BCUT2D eigenvalue weighted by Crippen LogP contribution is 2.12. The molecule has 0 radical (unpaired) electrons. The molecule has 0 bridgehead atoms. The quantitative estimate of drug-likeness (QED) is 0.0219. The summed E-state index contributed by atoms with van der Waals surface area (Å²) in [7, 11) is 5.48. The van der Waals surface area contributed by atoms with Crippen molar-refractivity contribution in [2.75, 3.05) is 41.0 Å². The van der Waals surface area contributed by atoms with Gasteiger partial charge in [0.25, 0.3) is 0 Å². The molecular weight excluding hydrogens is 739 g/mol. The first-order chi connectivity index (χ1) is 28.6. The number of carbonyl (C=O) groups excluding carboxylic acids is 2. The van der Waals surface area contributed by atoms with Gasteiger partial charge in [-0.05, 0) is 77.0 Å². The van der Waals surface area contributed by atoms with Crippen molar-refractivity contribution >= 4 is 17.9 Å². The van der Waals surface area contributed by atoms with Crippen molar-refractivity contribution in [3.05, 3.63) is 122 Å². The third-order valence-electron chi connectivity index (χ3n) is 8.95. The first kappa shape index (κ1) is 54.7. The van der Waals surface area contributed by atoms with Gasteiger partial charge in [0.15, 0.2) is 12.1 Å². The van der Waals surface area contributed by atoms with E-state index < -0.39 is 18.1 Å². The van der Waals surface area contributed by atoms with Gasteiger partial charge in [0, 0.05) is 19.3 Å². The van der Waals surface area contributed by atoms with E-state index in [0.717, 1.165) is 89.9 Å². The number of hydrogen-bond donors (Lipinski definition) is 1. The lowest BCUT2D eigenvalue weighted by Crippen LogP contribution is -2.50. The summed E-state index contributed by atoms with van der Waals surface area (Å²) in [6.45, 7) is 4.36. The van der Waals surface area contributed by atoms with Crippen LogP contribution in [0.4, 0.5) is 0 Å². The van der Waals surface area contributed by atoms with E-state index in [2.05, 4.69) is 105 Å². The van der Waals surface area contributed by atoms with E-state index in [9.17, 15) is 19.5 Å². The molecule has 0 fully saturated rings. The van der Waals surface area contributed by atoms with Crippen molar-refractivity contribution in [3.8, 4) is 0 Å². The molecular formula is C51H80NO7+. The van der Waals surface area contributed by atoms with E-state index >= 15 is 0 Å². The minimum absolute atomic E-state index is 0.0237. The van der Waals surface area contributed by atoms with Gasteiger partial charge in [-0.3, -0.25) is 9.59 Å². The van der Waals surface area contributed by atoms with Crippen molar-refractivity contribution < 1.29 is 38.2 Å². The van der Waals surface area contributed by atoms with Crippen LogP contribution in [0.2, 0.25) is 0 Å². The van der Waals surface area contributed by atoms with E-state index in [1.165, 1.54) is 0 Å². The third-order valence-corrected chi connectivity index (χ3v) is 8.95. The maximum Gasteiger partial charge on any atom is 0.362 e. The Bertz CT molecular complexity index is 1370. The first-order valence-corrected chi connectivity index (χ1v) is 22.1. The lowest BCUT2D eigenvalue weighted by Gasteiger charge is -2.31.